The van der Waals surface area contributed by atoms with Crippen molar-refractivity contribution >= 4 is 58.1 Å². The van der Waals surface area contributed by atoms with Crippen LogP contribution in [0, 0.1) is 3.57 Å². The first-order chi connectivity index (χ1) is 10.1. The van der Waals surface area contributed by atoms with E-state index in [4.69, 9.17) is 11.6 Å². The van der Waals surface area contributed by atoms with E-state index < -0.39 is 0 Å². The molecule has 0 atom stereocenters. The summed E-state index contributed by atoms with van der Waals surface area (Å²) in [4.78, 5) is 12.7. The third-order valence-electron chi connectivity index (χ3n) is 2.46. The average Bonchev–Trinajstić information content (AvgIpc) is 2.49. The molecule has 0 aliphatic rings. The van der Waals surface area contributed by atoms with E-state index in [1.165, 1.54) is 11.8 Å². The molecule has 1 amide bonds. The van der Waals surface area contributed by atoms with Crippen LogP contribution in [-0.2, 0) is 4.79 Å². The Morgan fingerprint density at radius 3 is 2.52 bits per heavy atom. The first-order valence-corrected chi connectivity index (χ1v) is 8.53. The van der Waals surface area contributed by atoms with Crippen LogP contribution in [0.4, 0.5) is 0 Å². The number of halogens is 2. The number of rotatable bonds is 5. The molecule has 0 bridgehead atoms. The molecule has 2 aromatic rings. The molecule has 0 heterocycles. The van der Waals surface area contributed by atoms with Crippen molar-refractivity contribution in [3.63, 3.8) is 0 Å². The number of carbonyl (C=O) groups is 1. The summed E-state index contributed by atoms with van der Waals surface area (Å²) >= 11 is 9.48. The Morgan fingerprint density at radius 1 is 1.19 bits per heavy atom. The topological polar surface area (TPSA) is 41.5 Å². The van der Waals surface area contributed by atoms with Crippen LogP contribution >= 0.6 is 46.0 Å². The summed E-state index contributed by atoms with van der Waals surface area (Å²) in [6.45, 7) is 0. The minimum atomic E-state index is -0.142. The highest BCUT2D eigenvalue weighted by Crippen LogP contribution is 2.19. The summed E-state index contributed by atoms with van der Waals surface area (Å²) in [5, 5.41) is 4.62. The minimum Gasteiger partial charge on any atom is -0.272 e. The molecular formula is C15H12ClIN2OS. The number of hydrazone groups is 1. The zero-order valence-corrected chi connectivity index (χ0v) is 14.7. The van der Waals surface area contributed by atoms with Gasteiger partial charge in [0.1, 0.15) is 0 Å². The summed E-state index contributed by atoms with van der Waals surface area (Å²) in [5.41, 5.74) is 3.45. The van der Waals surface area contributed by atoms with Gasteiger partial charge in [-0.1, -0.05) is 23.7 Å². The highest BCUT2D eigenvalue weighted by molar-refractivity contribution is 14.1. The molecule has 6 heteroatoms. The predicted molar refractivity (Wildman–Crippen MR) is 97.1 cm³/mol. The van der Waals surface area contributed by atoms with Gasteiger partial charge in [-0.25, -0.2) is 5.43 Å². The van der Waals surface area contributed by atoms with Gasteiger partial charge in [0.05, 0.1) is 12.0 Å². The van der Waals surface area contributed by atoms with Crippen molar-refractivity contribution in [3.05, 3.63) is 62.7 Å². The second-order valence-corrected chi connectivity index (χ2v) is 6.82. The Bertz CT molecular complexity index is 629. The van der Waals surface area contributed by atoms with Gasteiger partial charge in [-0.15, -0.1) is 11.8 Å². The van der Waals surface area contributed by atoms with Crippen LogP contribution < -0.4 is 5.43 Å². The van der Waals surface area contributed by atoms with Crippen molar-refractivity contribution in [1.82, 2.24) is 5.43 Å². The number of hydrogen-bond acceptors (Lipinski definition) is 3. The number of nitrogens with one attached hydrogen (secondary N) is 1. The fourth-order valence-corrected chi connectivity index (χ4v) is 2.62. The van der Waals surface area contributed by atoms with Gasteiger partial charge in [-0.05, 0) is 64.6 Å². The Balaban J connectivity index is 1.77. The first-order valence-electron chi connectivity index (χ1n) is 6.09. The Morgan fingerprint density at radius 2 is 1.86 bits per heavy atom. The van der Waals surface area contributed by atoms with Crippen molar-refractivity contribution in [2.45, 2.75) is 4.90 Å². The quantitative estimate of drug-likeness (QED) is 0.334. The second kappa shape index (κ2) is 8.41. The number of amides is 1. The fraction of sp³-hybridized carbons (Fsp3) is 0.0667. The number of carbonyl (C=O) groups excluding carboxylic acids is 1. The Hall–Kier alpha value is -1.05. The van der Waals surface area contributed by atoms with Gasteiger partial charge in [-0.3, -0.25) is 4.79 Å². The van der Waals surface area contributed by atoms with Gasteiger partial charge >= 0.3 is 0 Å². The Kier molecular flexibility index (Phi) is 6.53. The maximum absolute atomic E-state index is 11.7. The van der Waals surface area contributed by atoms with Gasteiger partial charge in [-0.2, -0.15) is 5.10 Å². The van der Waals surface area contributed by atoms with E-state index in [-0.39, 0.29) is 5.91 Å². The van der Waals surface area contributed by atoms with Crippen LogP contribution in [-0.4, -0.2) is 17.9 Å². The molecule has 0 spiro atoms. The van der Waals surface area contributed by atoms with Crippen molar-refractivity contribution in [2.75, 3.05) is 5.75 Å². The molecule has 0 fully saturated rings. The Labute approximate surface area is 146 Å². The highest BCUT2D eigenvalue weighted by Gasteiger charge is 2.01. The maximum Gasteiger partial charge on any atom is 0.250 e. The zero-order chi connectivity index (χ0) is 15.1. The SMILES string of the molecule is O=C(CSc1ccc(Cl)cc1)N/N=C\c1ccc(I)cc1. The molecule has 0 saturated carbocycles. The second-order valence-electron chi connectivity index (χ2n) is 4.09. The number of benzene rings is 2. The summed E-state index contributed by atoms with van der Waals surface area (Å²) in [6.07, 6.45) is 1.63. The highest BCUT2D eigenvalue weighted by atomic mass is 127. The molecule has 3 nitrogen and oxygen atoms in total. The van der Waals surface area contributed by atoms with Gasteiger partial charge in [0.2, 0.25) is 5.91 Å². The average molecular weight is 431 g/mol. The molecule has 0 radical (unpaired) electrons. The normalized spacial score (nSPS) is 10.8. The van der Waals surface area contributed by atoms with E-state index in [1.54, 1.807) is 18.3 Å². The van der Waals surface area contributed by atoms with Crippen LogP contribution in [0.1, 0.15) is 5.56 Å². The molecule has 0 aliphatic carbocycles. The van der Waals surface area contributed by atoms with Crippen molar-refractivity contribution in [1.29, 1.82) is 0 Å². The van der Waals surface area contributed by atoms with Crippen LogP contribution in [0.2, 0.25) is 5.02 Å². The van der Waals surface area contributed by atoms with E-state index in [9.17, 15) is 4.79 Å². The molecule has 0 aliphatic heterocycles. The lowest BCUT2D eigenvalue weighted by molar-refractivity contribution is -0.118. The van der Waals surface area contributed by atoms with Crippen molar-refractivity contribution in [3.8, 4) is 0 Å². The molecule has 21 heavy (non-hydrogen) atoms. The molecule has 2 aromatic carbocycles. The molecule has 0 aromatic heterocycles. The number of hydrogen-bond donors (Lipinski definition) is 1. The van der Waals surface area contributed by atoms with E-state index in [2.05, 4.69) is 33.1 Å². The number of nitrogens with zero attached hydrogens (tertiary/aromatic N) is 1. The van der Waals surface area contributed by atoms with Crippen LogP contribution in [0.3, 0.4) is 0 Å². The minimum absolute atomic E-state index is 0.142. The molecule has 0 unspecified atom stereocenters. The summed E-state index contributed by atoms with van der Waals surface area (Å²) in [7, 11) is 0. The molecule has 2 rings (SSSR count). The summed E-state index contributed by atoms with van der Waals surface area (Å²) in [6, 6.07) is 15.2. The van der Waals surface area contributed by atoms with E-state index in [0.717, 1.165) is 14.0 Å². The fourth-order valence-electron chi connectivity index (χ4n) is 1.44. The zero-order valence-electron chi connectivity index (χ0n) is 10.9. The lowest BCUT2D eigenvalue weighted by Crippen LogP contribution is -2.19. The van der Waals surface area contributed by atoms with Crippen LogP contribution in [0.5, 0.6) is 0 Å². The monoisotopic (exact) mass is 430 g/mol. The third-order valence-corrected chi connectivity index (χ3v) is 4.44. The van der Waals surface area contributed by atoms with Crippen LogP contribution in [0.25, 0.3) is 0 Å². The smallest absolute Gasteiger partial charge is 0.250 e. The van der Waals surface area contributed by atoms with E-state index >= 15 is 0 Å². The first kappa shape index (κ1) is 16.3. The number of thioether (sulfide) groups is 1. The van der Waals surface area contributed by atoms with Gasteiger partial charge < -0.3 is 0 Å². The third kappa shape index (κ3) is 6.07. The van der Waals surface area contributed by atoms with Crippen molar-refractivity contribution < 1.29 is 4.79 Å². The summed E-state index contributed by atoms with van der Waals surface area (Å²) < 4.78 is 1.16. The lowest BCUT2D eigenvalue weighted by atomic mass is 10.2. The van der Waals surface area contributed by atoms with Gasteiger partial charge in [0, 0.05) is 13.5 Å². The van der Waals surface area contributed by atoms with Crippen LogP contribution in [0.15, 0.2) is 58.5 Å². The van der Waals surface area contributed by atoms with Gasteiger partial charge in [0.25, 0.3) is 0 Å². The lowest BCUT2D eigenvalue weighted by Gasteiger charge is -2.01. The summed E-state index contributed by atoms with van der Waals surface area (Å²) in [5.74, 6) is 0.169. The predicted octanol–water partition coefficient (Wildman–Crippen LogP) is 4.19. The molecular weight excluding hydrogens is 419 g/mol. The van der Waals surface area contributed by atoms with Gasteiger partial charge in [0.15, 0.2) is 0 Å². The van der Waals surface area contributed by atoms with E-state index in [0.29, 0.717) is 10.8 Å². The standard InChI is InChI=1S/C15H12ClIN2OS/c16-12-3-7-14(8-4-12)21-10-15(20)19-18-9-11-1-5-13(17)6-2-11/h1-9H,10H2,(H,19,20)/b18-9-. The molecule has 0 saturated heterocycles. The maximum atomic E-state index is 11.7. The molecule has 108 valence electrons. The van der Waals surface area contributed by atoms with E-state index in [1.807, 2.05) is 36.4 Å². The largest absolute Gasteiger partial charge is 0.272 e. The van der Waals surface area contributed by atoms with Crippen molar-refractivity contribution in [2.24, 2.45) is 5.10 Å². The molecule has 1 N–H and O–H groups in total.